The summed E-state index contributed by atoms with van der Waals surface area (Å²) in [7, 11) is 0. The molecule has 1 fully saturated rings. The predicted molar refractivity (Wildman–Crippen MR) is 133 cm³/mol. The number of fused-ring (bicyclic) bond motifs is 3. The number of nitrogens with one attached hydrogen (secondary N) is 1. The molecular formula is C28H34N2O5. The number of aliphatic carboxylic acids is 1. The van der Waals surface area contributed by atoms with Gasteiger partial charge in [-0.1, -0.05) is 68.8 Å². The molecule has 2 aromatic carbocycles. The van der Waals surface area contributed by atoms with Gasteiger partial charge in [-0.25, -0.2) is 4.79 Å². The van der Waals surface area contributed by atoms with Crippen LogP contribution >= 0.6 is 0 Å². The summed E-state index contributed by atoms with van der Waals surface area (Å²) in [6, 6.07) is 16.1. The number of hydrogen-bond donors (Lipinski definition) is 2. The van der Waals surface area contributed by atoms with Gasteiger partial charge in [0.1, 0.15) is 6.61 Å². The van der Waals surface area contributed by atoms with Crippen LogP contribution in [0.5, 0.6) is 0 Å². The van der Waals surface area contributed by atoms with Gasteiger partial charge in [0.2, 0.25) is 5.91 Å². The lowest BCUT2D eigenvalue weighted by molar-refractivity contribution is -0.138. The lowest BCUT2D eigenvalue weighted by Crippen LogP contribution is -2.40. The van der Waals surface area contributed by atoms with Crippen molar-refractivity contribution in [3.05, 3.63) is 59.7 Å². The number of ether oxygens (including phenoxy) is 1. The molecule has 3 atom stereocenters. The van der Waals surface area contributed by atoms with E-state index >= 15 is 0 Å². The number of benzene rings is 2. The van der Waals surface area contributed by atoms with Crippen LogP contribution in [0.2, 0.25) is 0 Å². The van der Waals surface area contributed by atoms with Crippen molar-refractivity contribution >= 4 is 18.0 Å². The summed E-state index contributed by atoms with van der Waals surface area (Å²) in [6.07, 6.45) is 1.22. The minimum absolute atomic E-state index is 0.0170. The number of carbonyl (C=O) groups is 3. The van der Waals surface area contributed by atoms with Crippen molar-refractivity contribution in [2.75, 3.05) is 19.7 Å². The highest BCUT2D eigenvalue weighted by atomic mass is 16.5. The molecule has 0 saturated carbocycles. The quantitative estimate of drug-likeness (QED) is 0.547. The number of amides is 2. The molecule has 0 bridgehead atoms. The highest BCUT2D eigenvalue weighted by Crippen LogP contribution is 2.44. The Balaban J connectivity index is 1.33. The second-order valence-corrected chi connectivity index (χ2v) is 9.79. The predicted octanol–water partition coefficient (Wildman–Crippen LogP) is 4.65. The van der Waals surface area contributed by atoms with Crippen molar-refractivity contribution in [1.29, 1.82) is 0 Å². The average Bonchev–Trinajstić information content (AvgIpc) is 3.35. The number of carboxylic acid groups (broad SMARTS) is 1. The number of carboxylic acids is 1. The van der Waals surface area contributed by atoms with E-state index < -0.39 is 12.1 Å². The van der Waals surface area contributed by atoms with E-state index in [0.29, 0.717) is 19.5 Å². The van der Waals surface area contributed by atoms with E-state index in [9.17, 15) is 14.4 Å². The summed E-state index contributed by atoms with van der Waals surface area (Å²) < 4.78 is 5.66. The third-order valence-corrected chi connectivity index (χ3v) is 7.28. The first-order valence-corrected chi connectivity index (χ1v) is 12.5. The first-order valence-electron chi connectivity index (χ1n) is 12.5. The third-order valence-electron chi connectivity index (χ3n) is 7.28. The molecule has 2 amide bonds. The Morgan fingerprint density at radius 2 is 1.69 bits per heavy atom. The first-order chi connectivity index (χ1) is 16.9. The Bertz CT molecular complexity index is 1040. The van der Waals surface area contributed by atoms with Crippen molar-refractivity contribution in [2.24, 2.45) is 11.8 Å². The van der Waals surface area contributed by atoms with Gasteiger partial charge in [-0.3, -0.25) is 9.59 Å². The Morgan fingerprint density at radius 3 is 2.29 bits per heavy atom. The summed E-state index contributed by atoms with van der Waals surface area (Å²) in [4.78, 5) is 38.5. The largest absolute Gasteiger partial charge is 0.481 e. The lowest BCUT2D eigenvalue weighted by atomic mass is 9.95. The van der Waals surface area contributed by atoms with Crippen molar-refractivity contribution in [2.45, 2.75) is 51.5 Å². The molecule has 1 aliphatic heterocycles. The molecule has 1 heterocycles. The Hall–Kier alpha value is -3.35. The molecule has 4 rings (SSSR count). The molecule has 0 radical (unpaired) electrons. The Morgan fingerprint density at radius 1 is 1.06 bits per heavy atom. The van der Waals surface area contributed by atoms with E-state index in [1.807, 2.05) is 38.1 Å². The van der Waals surface area contributed by atoms with E-state index in [4.69, 9.17) is 9.84 Å². The smallest absolute Gasteiger partial charge is 0.407 e. The summed E-state index contributed by atoms with van der Waals surface area (Å²) in [5.74, 6) is -0.790. The minimum atomic E-state index is -0.836. The zero-order chi connectivity index (χ0) is 24.9. The van der Waals surface area contributed by atoms with Gasteiger partial charge in [-0.15, -0.1) is 0 Å². The summed E-state index contributed by atoms with van der Waals surface area (Å²) in [6.45, 7) is 5.24. The topological polar surface area (TPSA) is 95.9 Å². The van der Waals surface area contributed by atoms with Crippen LogP contribution in [0.4, 0.5) is 4.79 Å². The van der Waals surface area contributed by atoms with Gasteiger partial charge in [0, 0.05) is 31.5 Å². The molecule has 186 valence electrons. The van der Waals surface area contributed by atoms with Crippen LogP contribution < -0.4 is 5.32 Å². The van der Waals surface area contributed by atoms with Crippen LogP contribution in [0.1, 0.15) is 56.6 Å². The molecule has 2 N–H and O–H groups in total. The van der Waals surface area contributed by atoms with Gasteiger partial charge in [-0.05, 0) is 40.5 Å². The summed E-state index contributed by atoms with van der Waals surface area (Å²) in [5.41, 5.74) is 4.65. The zero-order valence-electron chi connectivity index (χ0n) is 20.4. The van der Waals surface area contributed by atoms with Crippen LogP contribution in [0.25, 0.3) is 11.1 Å². The number of rotatable bonds is 9. The van der Waals surface area contributed by atoms with Crippen LogP contribution in [0.15, 0.2) is 48.5 Å². The number of hydrogen-bond acceptors (Lipinski definition) is 4. The third kappa shape index (κ3) is 5.66. The average molecular weight is 479 g/mol. The molecule has 2 aliphatic rings. The van der Waals surface area contributed by atoms with Gasteiger partial charge in [-0.2, -0.15) is 0 Å². The normalized spacial score (nSPS) is 19.7. The van der Waals surface area contributed by atoms with E-state index in [-0.39, 0.29) is 49.2 Å². The zero-order valence-corrected chi connectivity index (χ0v) is 20.4. The molecule has 1 aliphatic carbocycles. The number of likely N-dealkylation sites (tertiary alicyclic amines) is 1. The molecule has 2 unspecified atom stereocenters. The van der Waals surface area contributed by atoms with Gasteiger partial charge >= 0.3 is 12.1 Å². The van der Waals surface area contributed by atoms with Crippen molar-refractivity contribution < 1.29 is 24.2 Å². The molecule has 0 spiro atoms. The molecular weight excluding hydrogens is 444 g/mol. The second-order valence-electron chi connectivity index (χ2n) is 9.79. The van der Waals surface area contributed by atoms with E-state index in [0.717, 1.165) is 17.5 Å². The maximum Gasteiger partial charge on any atom is 0.407 e. The number of carbonyl (C=O) groups excluding carboxylic acids is 2. The van der Waals surface area contributed by atoms with Crippen LogP contribution in [0, 0.1) is 11.8 Å². The number of alkyl carbamates (subject to hydrolysis) is 1. The Kier molecular flexibility index (Phi) is 7.73. The highest BCUT2D eigenvalue weighted by molar-refractivity contribution is 5.80. The van der Waals surface area contributed by atoms with E-state index in [1.54, 1.807) is 4.90 Å². The monoisotopic (exact) mass is 478 g/mol. The van der Waals surface area contributed by atoms with Crippen LogP contribution in [0.3, 0.4) is 0 Å². The molecule has 7 heteroatoms. The van der Waals surface area contributed by atoms with Crippen LogP contribution in [-0.2, 0) is 14.3 Å². The van der Waals surface area contributed by atoms with Crippen molar-refractivity contribution in [3.8, 4) is 11.1 Å². The highest BCUT2D eigenvalue weighted by Gasteiger charge is 2.34. The maximum absolute atomic E-state index is 12.9. The fraction of sp³-hybridized carbons (Fsp3) is 0.464. The summed E-state index contributed by atoms with van der Waals surface area (Å²) >= 11 is 0. The molecule has 35 heavy (non-hydrogen) atoms. The molecule has 7 nitrogen and oxygen atoms in total. The van der Waals surface area contributed by atoms with Gasteiger partial charge < -0.3 is 20.1 Å². The Labute approximate surface area is 206 Å². The second kappa shape index (κ2) is 10.9. The minimum Gasteiger partial charge on any atom is -0.481 e. The molecule has 0 aromatic heterocycles. The SMILES string of the molecule is CCC[C@H](CC(=O)N1CC(C)C(CC(=O)O)C1)NC(=O)OCC1c2ccccc2-c2ccccc21. The molecule has 2 aromatic rings. The van der Waals surface area contributed by atoms with Gasteiger partial charge in [0.15, 0.2) is 0 Å². The first kappa shape index (κ1) is 24.8. The van der Waals surface area contributed by atoms with E-state index in [1.165, 1.54) is 11.1 Å². The lowest BCUT2D eigenvalue weighted by Gasteiger charge is -2.22. The van der Waals surface area contributed by atoms with Crippen LogP contribution in [-0.4, -0.2) is 53.7 Å². The van der Waals surface area contributed by atoms with Gasteiger partial charge in [0.05, 0.1) is 6.42 Å². The standard InChI is InChI=1S/C28H34N2O5/c1-3-8-20(14-26(31)30-15-18(2)19(16-30)13-27(32)33)29-28(34)35-17-25-23-11-6-4-9-21(23)22-10-5-7-12-24(22)25/h4-7,9-12,18-20,25H,3,8,13-17H2,1-2H3,(H,29,34)(H,32,33)/t18?,19?,20-/m1/s1. The van der Waals surface area contributed by atoms with Gasteiger partial charge in [0.25, 0.3) is 0 Å². The van der Waals surface area contributed by atoms with Crippen molar-refractivity contribution in [3.63, 3.8) is 0 Å². The number of nitrogens with zero attached hydrogens (tertiary/aromatic N) is 1. The fourth-order valence-electron chi connectivity index (χ4n) is 5.45. The summed E-state index contributed by atoms with van der Waals surface area (Å²) in [5, 5.41) is 12.0. The fourth-order valence-corrected chi connectivity index (χ4v) is 5.45. The molecule has 1 saturated heterocycles. The van der Waals surface area contributed by atoms with E-state index in [2.05, 4.69) is 29.6 Å². The maximum atomic E-state index is 12.9. The van der Waals surface area contributed by atoms with Crippen molar-refractivity contribution in [1.82, 2.24) is 10.2 Å².